The van der Waals surface area contributed by atoms with E-state index < -0.39 is 27.1 Å². The third-order valence-electron chi connectivity index (χ3n) is 8.86. The van der Waals surface area contributed by atoms with Crippen LogP contribution in [-0.4, -0.2) is 30.0 Å². The Hall–Kier alpha value is -2.76. The molecule has 42 heavy (non-hydrogen) atoms. The van der Waals surface area contributed by atoms with E-state index in [0.29, 0.717) is 36.1 Å². The van der Waals surface area contributed by atoms with Gasteiger partial charge in [0.1, 0.15) is 0 Å². The predicted molar refractivity (Wildman–Crippen MR) is 158 cm³/mol. The third kappa shape index (κ3) is 6.43. The number of rotatable bonds is 10. The van der Waals surface area contributed by atoms with Crippen LogP contribution in [-0.2, 0) is 45.9 Å². The molecule has 1 amide bonds. The molecule has 0 unspecified atom stereocenters. The number of nitrogens with zero attached hydrogens (tertiary/aromatic N) is 2. The molecule has 1 aliphatic heterocycles. The molecule has 2 aliphatic rings. The van der Waals surface area contributed by atoms with Gasteiger partial charge >= 0.3 is 6.18 Å². The molecule has 0 spiro atoms. The SMILES string of the molecule is CC(C)[C@@]1(C)c2nc(NC(=O)Cc3ccc(S(=O)(=O)CCC4CCC4)cc3)sc2CN1Cc1ccc(C(F)(F)F)cc1. The van der Waals surface area contributed by atoms with Gasteiger partial charge in [-0.2, -0.15) is 13.2 Å². The molecular weight excluding hydrogens is 583 g/mol. The molecule has 6 nitrogen and oxygen atoms in total. The molecule has 1 atom stereocenters. The van der Waals surface area contributed by atoms with Gasteiger partial charge in [0.05, 0.1) is 33.9 Å². The molecule has 1 N–H and O–H groups in total. The van der Waals surface area contributed by atoms with E-state index in [1.54, 1.807) is 24.3 Å². The highest BCUT2D eigenvalue weighted by molar-refractivity contribution is 7.91. The van der Waals surface area contributed by atoms with Crippen molar-refractivity contribution in [3.8, 4) is 0 Å². The Bertz CT molecular complexity index is 1530. The fraction of sp³-hybridized carbons (Fsp3) is 0.484. The number of carbonyl (C=O) groups is 1. The second kappa shape index (κ2) is 11.7. The summed E-state index contributed by atoms with van der Waals surface area (Å²) in [6.07, 6.45) is -0.160. The summed E-state index contributed by atoms with van der Waals surface area (Å²) in [5.41, 5.74) is 1.25. The zero-order valence-electron chi connectivity index (χ0n) is 24.0. The zero-order valence-corrected chi connectivity index (χ0v) is 25.6. The standard InChI is InChI=1S/C31H36F3N3O3S2/c1-20(2)30(3)28-26(19-37(30)18-23-7-11-24(12-8-23)31(32,33)34)41-29(36-28)35-27(38)17-22-9-13-25(14-10-22)42(39,40)16-15-21-5-4-6-21/h7-14,20-21H,4-6,15-19H2,1-3H3,(H,35,36,38)/t30-/m0/s1. The average Bonchev–Trinajstić information content (AvgIpc) is 3.39. The Morgan fingerprint density at radius 3 is 2.31 bits per heavy atom. The minimum atomic E-state index is -4.37. The maximum absolute atomic E-state index is 13.0. The maximum atomic E-state index is 13.0. The van der Waals surface area contributed by atoms with Crippen LogP contribution >= 0.6 is 11.3 Å². The summed E-state index contributed by atoms with van der Waals surface area (Å²) in [4.78, 5) is 21.2. The molecule has 5 rings (SSSR count). The van der Waals surface area contributed by atoms with Crippen LogP contribution in [0.5, 0.6) is 0 Å². The smallest absolute Gasteiger partial charge is 0.302 e. The van der Waals surface area contributed by atoms with E-state index in [4.69, 9.17) is 4.98 Å². The van der Waals surface area contributed by atoms with Crippen molar-refractivity contribution in [1.82, 2.24) is 9.88 Å². The van der Waals surface area contributed by atoms with Crippen LogP contribution in [0.2, 0.25) is 0 Å². The number of carbonyl (C=O) groups excluding carboxylic acids is 1. The predicted octanol–water partition coefficient (Wildman–Crippen LogP) is 7.19. The molecule has 1 aliphatic carbocycles. The number of sulfone groups is 1. The van der Waals surface area contributed by atoms with Crippen molar-refractivity contribution in [3.05, 3.63) is 75.8 Å². The van der Waals surface area contributed by atoms with Gasteiger partial charge in [0.15, 0.2) is 15.0 Å². The van der Waals surface area contributed by atoms with Crippen LogP contribution in [0, 0.1) is 11.8 Å². The highest BCUT2D eigenvalue weighted by Crippen LogP contribution is 2.47. The molecule has 1 saturated carbocycles. The highest BCUT2D eigenvalue weighted by Gasteiger charge is 2.46. The van der Waals surface area contributed by atoms with Gasteiger partial charge in [0.2, 0.25) is 5.91 Å². The molecule has 2 heterocycles. The normalized spacial score (nSPS) is 19.6. The zero-order chi connectivity index (χ0) is 30.3. The number of hydrogen-bond acceptors (Lipinski definition) is 6. The van der Waals surface area contributed by atoms with E-state index in [-0.39, 0.29) is 28.9 Å². The van der Waals surface area contributed by atoms with Gasteiger partial charge in [-0.05, 0) is 60.6 Å². The largest absolute Gasteiger partial charge is 0.416 e. The van der Waals surface area contributed by atoms with Crippen molar-refractivity contribution >= 4 is 32.2 Å². The number of amides is 1. The average molecular weight is 620 g/mol. The van der Waals surface area contributed by atoms with Crippen molar-refractivity contribution in [2.45, 2.75) is 82.6 Å². The summed E-state index contributed by atoms with van der Waals surface area (Å²) in [7, 11) is -3.33. The number of thiazole rings is 1. The summed E-state index contributed by atoms with van der Waals surface area (Å²) in [6, 6.07) is 11.8. The molecule has 3 aromatic rings. The minimum Gasteiger partial charge on any atom is -0.302 e. The number of halogens is 3. The first-order valence-corrected chi connectivity index (χ1v) is 16.8. The van der Waals surface area contributed by atoms with Crippen LogP contribution in [0.3, 0.4) is 0 Å². The van der Waals surface area contributed by atoms with Gasteiger partial charge in [-0.15, -0.1) is 0 Å². The monoisotopic (exact) mass is 619 g/mol. The first-order valence-electron chi connectivity index (χ1n) is 14.3. The minimum absolute atomic E-state index is 0.0914. The Morgan fingerprint density at radius 1 is 1.10 bits per heavy atom. The molecule has 0 saturated heterocycles. The van der Waals surface area contributed by atoms with Crippen LogP contribution in [0.4, 0.5) is 18.3 Å². The van der Waals surface area contributed by atoms with E-state index >= 15 is 0 Å². The third-order valence-corrected chi connectivity index (χ3v) is 11.6. The molecule has 0 radical (unpaired) electrons. The Labute approximate surface area is 249 Å². The first-order chi connectivity index (χ1) is 19.8. The molecule has 226 valence electrons. The van der Waals surface area contributed by atoms with Gasteiger partial charge in [-0.25, -0.2) is 13.4 Å². The first kappa shape index (κ1) is 30.7. The van der Waals surface area contributed by atoms with E-state index in [1.807, 2.05) is 0 Å². The molecule has 1 aromatic heterocycles. The van der Waals surface area contributed by atoms with E-state index in [2.05, 4.69) is 31.0 Å². The second-order valence-corrected chi connectivity index (χ2v) is 15.1. The lowest BCUT2D eigenvalue weighted by Gasteiger charge is -2.38. The summed E-state index contributed by atoms with van der Waals surface area (Å²) in [5, 5.41) is 3.40. The summed E-state index contributed by atoms with van der Waals surface area (Å²) in [5.74, 6) is 0.595. The number of alkyl halides is 3. The van der Waals surface area contributed by atoms with Crippen molar-refractivity contribution in [1.29, 1.82) is 0 Å². The molecule has 11 heteroatoms. The Balaban J connectivity index is 1.21. The topological polar surface area (TPSA) is 79.4 Å². The number of aromatic nitrogens is 1. The maximum Gasteiger partial charge on any atom is 0.416 e. The fourth-order valence-electron chi connectivity index (χ4n) is 5.66. The highest BCUT2D eigenvalue weighted by atomic mass is 32.2. The molecule has 1 fully saturated rings. The van der Waals surface area contributed by atoms with Crippen molar-refractivity contribution < 1.29 is 26.4 Å². The molecule has 2 aromatic carbocycles. The summed E-state index contributed by atoms with van der Waals surface area (Å²) in [6.45, 7) is 7.31. The lowest BCUT2D eigenvalue weighted by Crippen LogP contribution is -2.42. The lowest BCUT2D eigenvalue weighted by molar-refractivity contribution is -0.137. The summed E-state index contributed by atoms with van der Waals surface area (Å²) < 4.78 is 64.3. The number of anilines is 1. The Kier molecular flexibility index (Phi) is 8.57. The Morgan fingerprint density at radius 2 is 1.74 bits per heavy atom. The van der Waals surface area contributed by atoms with Gasteiger partial charge < -0.3 is 5.32 Å². The van der Waals surface area contributed by atoms with E-state index in [9.17, 15) is 26.4 Å². The number of nitrogens with one attached hydrogen (secondary N) is 1. The molecule has 0 bridgehead atoms. The molecular formula is C31H36F3N3O3S2. The van der Waals surface area contributed by atoms with Crippen molar-refractivity contribution in [2.75, 3.05) is 11.1 Å². The number of benzene rings is 2. The van der Waals surface area contributed by atoms with Crippen molar-refractivity contribution in [2.24, 2.45) is 11.8 Å². The van der Waals surface area contributed by atoms with Crippen LogP contribution in [0.15, 0.2) is 53.4 Å². The number of hydrogen-bond donors (Lipinski definition) is 1. The van der Waals surface area contributed by atoms with Gasteiger partial charge in [0, 0.05) is 18.0 Å². The van der Waals surface area contributed by atoms with Crippen LogP contribution in [0.25, 0.3) is 0 Å². The van der Waals surface area contributed by atoms with Gasteiger partial charge in [0.25, 0.3) is 0 Å². The number of fused-ring (bicyclic) bond motifs is 1. The van der Waals surface area contributed by atoms with E-state index in [1.165, 1.54) is 29.9 Å². The van der Waals surface area contributed by atoms with Crippen molar-refractivity contribution in [3.63, 3.8) is 0 Å². The van der Waals surface area contributed by atoms with Gasteiger partial charge in [-0.3, -0.25) is 9.69 Å². The van der Waals surface area contributed by atoms with Crippen LogP contribution < -0.4 is 5.32 Å². The lowest BCUT2D eigenvalue weighted by atomic mass is 9.84. The fourth-order valence-corrected chi connectivity index (χ4v) is 8.19. The quantitative estimate of drug-likeness (QED) is 0.260. The van der Waals surface area contributed by atoms with Gasteiger partial charge in [-0.1, -0.05) is 68.7 Å². The second-order valence-electron chi connectivity index (χ2n) is 11.9. The van der Waals surface area contributed by atoms with E-state index in [0.717, 1.165) is 41.1 Å². The summed E-state index contributed by atoms with van der Waals surface area (Å²) >= 11 is 1.41. The van der Waals surface area contributed by atoms with Crippen LogP contribution in [0.1, 0.15) is 73.7 Å².